The van der Waals surface area contributed by atoms with Gasteiger partial charge in [-0.05, 0) is 26.3 Å². The standard InChI is InChI=1S/C12H22N4O2S/c1-5-6-14-12(4,10(13)17)7-8(2)19-11-16-15-9(3)18-11/h8,14H,5-7H2,1-4H3,(H2,13,17). The quantitative estimate of drug-likeness (QED) is 0.703. The maximum atomic E-state index is 11.6. The zero-order valence-corrected chi connectivity index (χ0v) is 12.7. The molecule has 1 aromatic heterocycles. The van der Waals surface area contributed by atoms with Gasteiger partial charge in [0, 0.05) is 12.2 Å². The molecule has 0 bridgehead atoms. The number of hydrogen-bond donors (Lipinski definition) is 2. The number of primary amides is 1. The molecule has 1 rings (SSSR count). The molecule has 0 spiro atoms. The second kappa shape index (κ2) is 6.91. The molecule has 1 aromatic rings. The lowest BCUT2D eigenvalue weighted by Gasteiger charge is -2.29. The maximum Gasteiger partial charge on any atom is 0.276 e. The molecule has 7 heteroatoms. The lowest BCUT2D eigenvalue weighted by Crippen LogP contribution is -2.54. The molecular formula is C12H22N4O2S. The molecule has 0 fully saturated rings. The second-order valence-electron chi connectivity index (χ2n) is 4.84. The van der Waals surface area contributed by atoms with E-state index in [1.807, 2.05) is 20.8 Å². The number of nitrogens with two attached hydrogens (primary N) is 1. The van der Waals surface area contributed by atoms with Gasteiger partial charge < -0.3 is 15.5 Å². The second-order valence-corrected chi connectivity index (χ2v) is 6.23. The Labute approximate surface area is 117 Å². The number of aryl methyl sites for hydroxylation is 1. The summed E-state index contributed by atoms with van der Waals surface area (Å²) in [5.74, 6) is 0.201. The Bertz CT molecular complexity index is 424. The van der Waals surface area contributed by atoms with Gasteiger partial charge in [0.25, 0.3) is 5.22 Å². The largest absolute Gasteiger partial charge is 0.416 e. The van der Waals surface area contributed by atoms with Crippen LogP contribution in [0.3, 0.4) is 0 Å². The van der Waals surface area contributed by atoms with Crippen molar-refractivity contribution >= 4 is 17.7 Å². The van der Waals surface area contributed by atoms with Gasteiger partial charge in [0.15, 0.2) is 0 Å². The van der Waals surface area contributed by atoms with Crippen LogP contribution in [0.5, 0.6) is 0 Å². The lowest BCUT2D eigenvalue weighted by molar-refractivity contribution is -0.124. The summed E-state index contributed by atoms with van der Waals surface area (Å²) in [6, 6.07) is 0. The van der Waals surface area contributed by atoms with Crippen LogP contribution >= 0.6 is 11.8 Å². The highest BCUT2D eigenvalue weighted by Crippen LogP contribution is 2.27. The molecule has 2 atom stereocenters. The van der Waals surface area contributed by atoms with Crippen LogP contribution in [0.1, 0.15) is 39.5 Å². The normalized spacial score (nSPS) is 16.0. The van der Waals surface area contributed by atoms with E-state index in [1.54, 1.807) is 6.92 Å². The number of carbonyl (C=O) groups excluding carboxylic acids is 1. The first-order valence-electron chi connectivity index (χ1n) is 6.39. The van der Waals surface area contributed by atoms with E-state index in [9.17, 15) is 4.79 Å². The van der Waals surface area contributed by atoms with E-state index < -0.39 is 5.54 Å². The van der Waals surface area contributed by atoms with E-state index in [0.29, 0.717) is 17.5 Å². The van der Waals surface area contributed by atoms with Crippen LogP contribution in [0, 0.1) is 6.92 Å². The number of rotatable bonds is 8. The molecule has 0 aliphatic carbocycles. The Morgan fingerprint density at radius 2 is 2.26 bits per heavy atom. The Kier molecular flexibility index (Phi) is 5.81. The summed E-state index contributed by atoms with van der Waals surface area (Å²) < 4.78 is 5.31. The Morgan fingerprint density at radius 3 is 2.74 bits per heavy atom. The van der Waals surface area contributed by atoms with E-state index in [4.69, 9.17) is 10.2 Å². The summed E-state index contributed by atoms with van der Waals surface area (Å²) >= 11 is 1.45. The number of nitrogens with zero attached hydrogens (tertiary/aromatic N) is 2. The van der Waals surface area contributed by atoms with Gasteiger partial charge in [-0.15, -0.1) is 10.2 Å². The van der Waals surface area contributed by atoms with Crippen molar-refractivity contribution in [3.8, 4) is 0 Å². The number of amides is 1. The molecule has 1 heterocycles. The molecule has 3 N–H and O–H groups in total. The van der Waals surface area contributed by atoms with Crippen LogP contribution in [0.2, 0.25) is 0 Å². The molecule has 0 aromatic carbocycles. The molecule has 0 saturated carbocycles. The van der Waals surface area contributed by atoms with Gasteiger partial charge in [-0.25, -0.2) is 0 Å². The van der Waals surface area contributed by atoms with E-state index in [-0.39, 0.29) is 11.2 Å². The molecule has 108 valence electrons. The van der Waals surface area contributed by atoms with Crippen molar-refractivity contribution in [1.82, 2.24) is 15.5 Å². The van der Waals surface area contributed by atoms with Gasteiger partial charge in [-0.3, -0.25) is 4.79 Å². The first kappa shape index (κ1) is 16.0. The van der Waals surface area contributed by atoms with E-state index in [2.05, 4.69) is 15.5 Å². The summed E-state index contributed by atoms with van der Waals surface area (Å²) in [6.07, 6.45) is 1.56. The van der Waals surface area contributed by atoms with Crippen molar-refractivity contribution in [2.45, 2.75) is 56.5 Å². The fourth-order valence-corrected chi connectivity index (χ4v) is 2.79. The van der Waals surface area contributed by atoms with Crippen LogP contribution in [-0.2, 0) is 4.79 Å². The van der Waals surface area contributed by atoms with E-state index in [1.165, 1.54) is 11.8 Å². The van der Waals surface area contributed by atoms with Gasteiger partial charge in [-0.1, -0.05) is 25.6 Å². The van der Waals surface area contributed by atoms with Crippen molar-refractivity contribution < 1.29 is 9.21 Å². The predicted octanol–water partition coefficient (Wildman–Crippen LogP) is 1.49. The van der Waals surface area contributed by atoms with Gasteiger partial charge in [0.05, 0.1) is 5.54 Å². The van der Waals surface area contributed by atoms with Gasteiger partial charge in [-0.2, -0.15) is 0 Å². The van der Waals surface area contributed by atoms with Crippen molar-refractivity contribution in [1.29, 1.82) is 0 Å². The average molecular weight is 286 g/mol. The van der Waals surface area contributed by atoms with Gasteiger partial charge >= 0.3 is 0 Å². The van der Waals surface area contributed by atoms with Crippen molar-refractivity contribution in [3.63, 3.8) is 0 Å². The van der Waals surface area contributed by atoms with Crippen molar-refractivity contribution in [3.05, 3.63) is 5.89 Å². The van der Waals surface area contributed by atoms with Gasteiger partial charge in [0.1, 0.15) is 0 Å². The number of aromatic nitrogens is 2. The summed E-state index contributed by atoms with van der Waals surface area (Å²) in [6.45, 7) is 8.41. The van der Waals surface area contributed by atoms with E-state index >= 15 is 0 Å². The summed E-state index contributed by atoms with van der Waals surface area (Å²) in [5, 5.41) is 11.6. The number of nitrogens with one attached hydrogen (secondary N) is 1. The third kappa shape index (κ3) is 4.83. The average Bonchev–Trinajstić information content (AvgIpc) is 2.71. The molecule has 0 radical (unpaired) electrons. The van der Waals surface area contributed by atoms with Crippen molar-refractivity contribution in [2.75, 3.05) is 6.54 Å². The van der Waals surface area contributed by atoms with Crippen LogP contribution < -0.4 is 11.1 Å². The van der Waals surface area contributed by atoms with Crippen LogP contribution in [0.25, 0.3) is 0 Å². The number of thioether (sulfide) groups is 1. The minimum absolute atomic E-state index is 0.140. The molecule has 0 aliphatic heterocycles. The Morgan fingerprint density at radius 1 is 1.58 bits per heavy atom. The molecule has 0 aliphatic rings. The highest BCUT2D eigenvalue weighted by Gasteiger charge is 2.32. The number of hydrogen-bond acceptors (Lipinski definition) is 6. The number of carbonyl (C=O) groups is 1. The zero-order chi connectivity index (χ0) is 14.5. The fourth-order valence-electron chi connectivity index (χ4n) is 1.78. The highest BCUT2D eigenvalue weighted by molar-refractivity contribution is 7.99. The topological polar surface area (TPSA) is 94.0 Å². The fraction of sp³-hybridized carbons (Fsp3) is 0.750. The van der Waals surface area contributed by atoms with Gasteiger partial charge in [0.2, 0.25) is 11.8 Å². The maximum absolute atomic E-state index is 11.6. The molecule has 19 heavy (non-hydrogen) atoms. The molecular weight excluding hydrogens is 264 g/mol. The summed E-state index contributed by atoms with van der Waals surface area (Å²) in [5.41, 5.74) is 4.78. The monoisotopic (exact) mass is 286 g/mol. The Balaban J connectivity index is 2.60. The lowest BCUT2D eigenvalue weighted by atomic mass is 9.95. The van der Waals surface area contributed by atoms with Crippen LogP contribution in [0.4, 0.5) is 0 Å². The first-order chi connectivity index (χ1) is 8.87. The predicted molar refractivity (Wildman–Crippen MR) is 74.9 cm³/mol. The molecule has 0 saturated heterocycles. The summed E-state index contributed by atoms with van der Waals surface area (Å²) in [7, 11) is 0. The molecule has 2 unspecified atom stereocenters. The molecule has 6 nitrogen and oxygen atoms in total. The van der Waals surface area contributed by atoms with Crippen LogP contribution in [0.15, 0.2) is 9.64 Å². The van der Waals surface area contributed by atoms with E-state index in [0.717, 1.165) is 13.0 Å². The summed E-state index contributed by atoms with van der Waals surface area (Å²) in [4.78, 5) is 11.6. The Hall–Kier alpha value is -1.08. The minimum atomic E-state index is -0.711. The SMILES string of the molecule is CCCNC(C)(CC(C)Sc1nnc(C)o1)C(N)=O. The smallest absolute Gasteiger partial charge is 0.276 e. The first-order valence-corrected chi connectivity index (χ1v) is 7.27. The third-order valence-corrected chi connectivity index (χ3v) is 3.75. The molecule has 1 amide bonds. The van der Waals surface area contributed by atoms with Crippen molar-refractivity contribution in [2.24, 2.45) is 5.73 Å². The third-order valence-electron chi connectivity index (χ3n) is 2.81. The van der Waals surface area contributed by atoms with Crippen LogP contribution in [-0.4, -0.2) is 33.4 Å². The zero-order valence-electron chi connectivity index (χ0n) is 11.9. The highest BCUT2D eigenvalue weighted by atomic mass is 32.2. The minimum Gasteiger partial charge on any atom is -0.416 e.